The maximum Gasteiger partial charge on any atom is 0.259 e. The molecule has 2 amide bonds. The lowest BCUT2D eigenvalue weighted by Gasteiger charge is -2.37. The number of imide groups is 1. The summed E-state index contributed by atoms with van der Waals surface area (Å²) in [5, 5.41) is 22.0. The van der Waals surface area contributed by atoms with Crippen molar-refractivity contribution >= 4 is 17.4 Å². The second-order valence-electron chi connectivity index (χ2n) is 7.73. The summed E-state index contributed by atoms with van der Waals surface area (Å²) in [7, 11) is 0. The number of rotatable bonds is 3. The van der Waals surface area contributed by atoms with Gasteiger partial charge in [-0.05, 0) is 48.7 Å². The van der Waals surface area contributed by atoms with Gasteiger partial charge in [0, 0.05) is 18.4 Å². The van der Waals surface area contributed by atoms with Crippen LogP contribution in [-0.4, -0.2) is 33.7 Å². The van der Waals surface area contributed by atoms with Crippen LogP contribution < -0.4 is 10.1 Å². The molecule has 0 bridgehead atoms. The first-order chi connectivity index (χ1) is 13.2. The Kier molecular flexibility index (Phi) is 4.23. The average molecular weight is 379 g/mol. The van der Waals surface area contributed by atoms with E-state index in [1.165, 1.54) is 12.1 Å². The third-order valence-corrected chi connectivity index (χ3v) is 5.29. The number of benzene rings is 2. The van der Waals surface area contributed by atoms with E-state index in [2.05, 4.69) is 5.32 Å². The van der Waals surface area contributed by atoms with Crippen molar-refractivity contribution < 1.29 is 24.5 Å². The van der Waals surface area contributed by atoms with E-state index in [0.29, 0.717) is 28.9 Å². The van der Waals surface area contributed by atoms with E-state index in [-0.39, 0.29) is 12.2 Å². The first-order valence-corrected chi connectivity index (χ1v) is 9.12. The Hall–Kier alpha value is -3.12. The van der Waals surface area contributed by atoms with Gasteiger partial charge in [-0.25, -0.2) is 0 Å². The highest BCUT2D eigenvalue weighted by Gasteiger charge is 2.36. The Bertz CT molecular complexity index is 1000. The molecule has 0 saturated heterocycles. The van der Waals surface area contributed by atoms with Gasteiger partial charge in [0.1, 0.15) is 17.1 Å². The molecule has 0 spiro atoms. The second-order valence-corrected chi connectivity index (χ2v) is 7.73. The summed E-state index contributed by atoms with van der Waals surface area (Å²) >= 11 is 0. The van der Waals surface area contributed by atoms with Crippen molar-refractivity contribution in [2.24, 2.45) is 0 Å². The largest absolute Gasteiger partial charge is 0.508 e. The molecule has 4 rings (SSSR count). The minimum absolute atomic E-state index is 0.0901. The van der Waals surface area contributed by atoms with Gasteiger partial charge in [-0.3, -0.25) is 14.9 Å². The molecule has 3 N–H and O–H groups in total. The Morgan fingerprint density at radius 1 is 1.11 bits per heavy atom. The summed E-state index contributed by atoms with van der Waals surface area (Å²) in [5.41, 5.74) is 2.33. The minimum atomic E-state index is -0.692. The van der Waals surface area contributed by atoms with Gasteiger partial charge < -0.3 is 14.9 Å². The minimum Gasteiger partial charge on any atom is -0.508 e. The lowest BCUT2D eigenvalue weighted by molar-refractivity contribution is -0.123. The number of aliphatic hydroxyl groups excluding tert-OH is 1. The lowest BCUT2D eigenvalue weighted by Crippen LogP contribution is -2.46. The molecule has 6 nitrogen and oxygen atoms in total. The Labute approximate surface area is 162 Å². The number of carbonyl (C=O) groups excluding carboxylic acids is 2. The lowest BCUT2D eigenvalue weighted by atomic mass is 9.89. The molecular formula is C22H21NO5. The fraction of sp³-hybridized carbons (Fsp3) is 0.273. The zero-order valence-electron chi connectivity index (χ0n) is 15.7. The Morgan fingerprint density at radius 2 is 1.82 bits per heavy atom. The average Bonchev–Trinajstić information content (AvgIpc) is 2.90. The van der Waals surface area contributed by atoms with Crippen molar-refractivity contribution in [3.8, 4) is 11.5 Å². The van der Waals surface area contributed by atoms with Gasteiger partial charge in [-0.15, -0.1) is 0 Å². The Morgan fingerprint density at radius 3 is 2.54 bits per heavy atom. The molecule has 1 atom stereocenters. The highest BCUT2D eigenvalue weighted by Crippen LogP contribution is 2.35. The molecule has 6 heteroatoms. The summed E-state index contributed by atoms with van der Waals surface area (Å²) < 4.78 is 5.95. The first-order valence-electron chi connectivity index (χ1n) is 9.12. The Balaban J connectivity index is 1.70. The molecule has 0 aromatic heterocycles. The molecule has 2 aromatic carbocycles. The number of carbonyl (C=O) groups is 2. The number of aromatic hydroxyl groups is 1. The van der Waals surface area contributed by atoms with Crippen molar-refractivity contribution in [1.29, 1.82) is 0 Å². The van der Waals surface area contributed by atoms with Crippen LogP contribution in [0.1, 0.15) is 30.5 Å². The molecule has 0 radical (unpaired) electrons. The van der Waals surface area contributed by atoms with Crippen LogP contribution in [0.15, 0.2) is 48.0 Å². The molecule has 0 saturated carbocycles. The van der Waals surface area contributed by atoms with Crippen LogP contribution in [0.5, 0.6) is 11.5 Å². The van der Waals surface area contributed by atoms with Crippen molar-refractivity contribution in [2.75, 3.05) is 0 Å². The molecular weight excluding hydrogens is 358 g/mol. The number of hydrogen-bond acceptors (Lipinski definition) is 5. The topological polar surface area (TPSA) is 95.9 Å². The predicted molar refractivity (Wildman–Crippen MR) is 103 cm³/mol. The standard InChI is InChI=1S/C22H21NO5/c1-22(2)18(25)11-14-4-3-12(10-17(14)28-22)9-16-19(21(27)23-20(16)26)13-5-7-15(24)8-6-13/h3-8,10,18,24-25H,9,11H2,1-2H3,(H,23,26,27). The van der Waals surface area contributed by atoms with Crippen LogP contribution in [0.2, 0.25) is 0 Å². The number of ether oxygens (including phenoxy) is 1. The highest BCUT2D eigenvalue weighted by atomic mass is 16.5. The molecule has 144 valence electrons. The SMILES string of the molecule is CC1(C)Oc2cc(CC3=C(c4ccc(O)cc4)C(=O)NC3=O)ccc2CC1O. The number of hydrogen-bond donors (Lipinski definition) is 3. The van der Waals surface area contributed by atoms with E-state index < -0.39 is 23.5 Å². The molecule has 0 fully saturated rings. The van der Waals surface area contributed by atoms with Crippen molar-refractivity contribution in [2.45, 2.75) is 38.4 Å². The number of fused-ring (bicyclic) bond motifs is 1. The van der Waals surface area contributed by atoms with Crippen LogP contribution in [-0.2, 0) is 22.4 Å². The van der Waals surface area contributed by atoms with Crippen molar-refractivity contribution in [3.63, 3.8) is 0 Å². The first kappa shape index (κ1) is 18.3. The van der Waals surface area contributed by atoms with Crippen LogP contribution in [0.4, 0.5) is 0 Å². The summed E-state index contributed by atoms with van der Waals surface area (Å²) in [6.07, 6.45) is 0.184. The third kappa shape index (κ3) is 3.16. The summed E-state index contributed by atoms with van der Waals surface area (Å²) in [4.78, 5) is 24.7. The summed E-state index contributed by atoms with van der Waals surface area (Å²) in [5.74, 6) is -0.0804. The van der Waals surface area contributed by atoms with E-state index in [9.17, 15) is 19.8 Å². The van der Waals surface area contributed by atoms with Gasteiger partial charge in [0.25, 0.3) is 11.8 Å². The van der Waals surface area contributed by atoms with Gasteiger partial charge in [0.2, 0.25) is 0 Å². The van der Waals surface area contributed by atoms with Gasteiger partial charge in [0.15, 0.2) is 0 Å². The van der Waals surface area contributed by atoms with Crippen molar-refractivity contribution in [1.82, 2.24) is 5.32 Å². The van der Waals surface area contributed by atoms with E-state index in [1.54, 1.807) is 12.1 Å². The van der Waals surface area contributed by atoms with Crippen molar-refractivity contribution in [3.05, 3.63) is 64.7 Å². The molecule has 2 aliphatic heterocycles. The molecule has 2 aromatic rings. The fourth-order valence-electron chi connectivity index (χ4n) is 3.58. The normalized spacial score (nSPS) is 20.6. The molecule has 2 heterocycles. The third-order valence-electron chi connectivity index (χ3n) is 5.29. The fourth-order valence-corrected chi connectivity index (χ4v) is 3.58. The van der Waals surface area contributed by atoms with Crippen LogP contribution in [0, 0.1) is 0 Å². The van der Waals surface area contributed by atoms with E-state index in [4.69, 9.17) is 4.74 Å². The van der Waals surface area contributed by atoms with Gasteiger partial charge in [0.05, 0.1) is 11.7 Å². The number of amides is 2. The predicted octanol–water partition coefficient (Wildman–Crippen LogP) is 2.12. The van der Waals surface area contributed by atoms with E-state index >= 15 is 0 Å². The molecule has 1 unspecified atom stereocenters. The zero-order valence-corrected chi connectivity index (χ0v) is 15.7. The van der Waals surface area contributed by atoms with Gasteiger partial charge >= 0.3 is 0 Å². The molecule has 0 aliphatic carbocycles. The maximum absolute atomic E-state index is 12.4. The number of phenolic OH excluding ortho intramolecular Hbond substituents is 1. The van der Waals surface area contributed by atoms with Crippen LogP contribution >= 0.6 is 0 Å². The summed E-state index contributed by atoms with van der Waals surface area (Å²) in [6, 6.07) is 11.8. The second kappa shape index (κ2) is 6.49. The number of phenols is 1. The van der Waals surface area contributed by atoms with E-state index in [1.807, 2.05) is 32.0 Å². The molecule has 28 heavy (non-hydrogen) atoms. The zero-order chi connectivity index (χ0) is 20.1. The smallest absolute Gasteiger partial charge is 0.259 e. The number of nitrogens with one attached hydrogen (secondary N) is 1. The number of aliphatic hydroxyl groups is 1. The molecule has 2 aliphatic rings. The van der Waals surface area contributed by atoms with E-state index in [0.717, 1.165) is 11.1 Å². The maximum atomic E-state index is 12.4. The quantitative estimate of drug-likeness (QED) is 0.710. The van der Waals surface area contributed by atoms with Crippen LogP contribution in [0.3, 0.4) is 0 Å². The monoisotopic (exact) mass is 379 g/mol. The van der Waals surface area contributed by atoms with Gasteiger partial charge in [-0.2, -0.15) is 0 Å². The van der Waals surface area contributed by atoms with Crippen LogP contribution in [0.25, 0.3) is 5.57 Å². The summed E-state index contributed by atoms with van der Waals surface area (Å²) in [6.45, 7) is 3.67. The highest BCUT2D eigenvalue weighted by molar-refractivity contribution is 6.36. The van der Waals surface area contributed by atoms with Gasteiger partial charge in [-0.1, -0.05) is 24.3 Å².